The van der Waals surface area contributed by atoms with Crippen LogP contribution in [0.25, 0.3) is 0 Å². The zero-order valence-electron chi connectivity index (χ0n) is 13.1. The third-order valence-electron chi connectivity index (χ3n) is 4.01. The van der Waals surface area contributed by atoms with E-state index in [1.807, 2.05) is 37.6 Å². The van der Waals surface area contributed by atoms with E-state index in [0.29, 0.717) is 18.5 Å². The summed E-state index contributed by atoms with van der Waals surface area (Å²) in [4.78, 5) is 24.2. The fourth-order valence-corrected chi connectivity index (χ4v) is 2.81. The summed E-state index contributed by atoms with van der Waals surface area (Å²) in [7, 11) is 1.88. The lowest BCUT2D eigenvalue weighted by Crippen LogP contribution is -2.51. The highest BCUT2D eigenvalue weighted by molar-refractivity contribution is 6.00. The van der Waals surface area contributed by atoms with Crippen molar-refractivity contribution in [3.05, 3.63) is 53.3 Å². The van der Waals surface area contributed by atoms with Gasteiger partial charge in [0.15, 0.2) is 0 Å². The monoisotopic (exact) mass is 312 g/mol. The van der Waals surface area contributed by atoms with Gasteiger partial charge in [-0.05, 0) is 30.0 Å². The molecule has 0 aliphatic carbocycles. The van der Waals surface area contributed by atoms with Crippen LogP contribution in [0.5, 0.6) is 0 Å². The molecule has 3 rings (SSSR count). The maximum atomic E-state index is 12.2. The number of carbonyl (C=O) groups is 2. The standard InChI is InChI=1S/C17H20N4O2/c1-21-11-12(10-19-21)5-4-8-18-17(23)15-9-13-6-2-3-7-14(13)16(22)20-15/h2-3,6-7,10-11,15H,4-5,8-9H2,1H3,(H,18,23)(H,20,22). The number of aryl methyl sites for hydroxylation is 2. The molecule has 2 N–H and O–H groups in total. The Hall–Kier alpha value is -2.63. The molecule has 6 heteroatoms. The molecule has 0 spiro atoms. The molecular weight excluding hydrogens is 292 g/mol. The molecule has 6 nitrogen and oxygen atoms in total. The summed E-state index contributed by atoms with van der Waals surface area (Å²) in [5, 5.41) is 9.79. The molecule has 1 atom stereocenters. The second kappa shape index (κ2) is 6.64. The van der Waals surface area contributed by atoms with Gasteiger partial charge in [0.2, 0.25) is 5.91 Å². The number of benzene rings is 1. The Labute approximate surface area is 134 Å². The Morgan fingerprint density at radius 1 is 1.43 bits per heavy atom. The summed E-state index contributed by atoms with van der Waals surface area (Å²) in [5.41, 5.74) is 2.74. The van der Waals surface area contributed by atoms with E-state index in [9.17, 15) is 9.59 Å². The first-order valence-electron chi connectivity index (χ1n) is 7.77. The Morgan fingerprint density at radius 3 is 3.04 bits per heavy atom. The number of hydrogen-bond acceptors (Lipinski definition) is 3. The molecule has 2 heterocycles. The fourth-order valence-electron chi connectivity index (χ4n) is 2.81. The zero-order chi connectivity index (χ0) is 16.2. The largest absolute Gasteiger partial charge is 0.354 e. The van der Waals surface area contributed by atoms with Gasteiger partial charge in [-0.3, -0.25) is 14.3 Å². The molecule has 0 fully saturated rings. The minimum atomic E-state index is -0.490. The summed E-state index contributed by atoms with van der Waals surface area (Å²) in [6.07, 6.45) is 6.05. The van der Waals surface area contributed by atoms with Crippen molar-refractivity contribution >= 4 is 11.8 Å². The van der Waals surface area contributed by atoms with E-state index in [1.165, 1.54) is 0 Å². The number of nitrogens with zero attached hydrogens (tertiary/aromatic N) is 2. The molecule has 0 saturated carbocycles. The summed E-state index contributed by atoms with van der Waals surface area (Å²) in [6, 6.07) is 6.91. The molecule has 2 amide bonds. The highest BCUT2D eigenvalue weighted by atomic mass is 16.2. The zero-order valence-corrected chi connectivity index (χ0v) is 13.1. The summed E-state index contributed by atoms with van der Waals surface area (Å²) < 4.78 is 1.77. The molecule has 0 bridgehead atoms. The smallest absolute Gasteiger partial charge is 0.252 e. The third kappa shape index (κ3) is 3.59. The Balaban J connectivity index is 1.48. The predicted octanol–water partition coefficient (Wildman–Crippen LogP) is 0.824. The van der Waals surface area contributed by atoms with Crippen LogP contribution in [-0.4, -0.2) is 34.2 Å². The van der Waals surface area contributed by atoms with Gasteiger partial charge in [-0.25, -0.2) is 0 Å². The van der Waals surface area contributed by atoms with Crippen LogP contribution in [0.15, 0.2) is 36.7 Å². The van der Waals surface area contributed by atoms with E-state index in [4.69, 9.17) is 0 Å². The van der Waals surface area contributed by atoms with Crippen molar-refractivity contribution in [2.75, 3.05) is 6.54 Å². The highest BCUT2D eigenvalue weighted by Crippen LogP contribution is 2.16. The number of aromatic nitrogens is 2. The lowest BCUT2D eigenvalue weighted by atomic mass is 9.95. The first-order valence-corrected chi connectivity index (χ1v) is 7.77. The van der Waals surface area contributed by atoms with Crippen LogP contribution in [0.2, 0.25) is 0 Å². The SMILES string of the molecule is Cn1cc(CCCNC(=O)C2Cc3ccccc3C(=O)N2)cn1. The van der Waals surface area contributed by atoms with Gasteiger partial charge in [0.05, 0.1) is 6.20 Å². The second-order valence-corrected chi connectivity index (χ2v) is 5.80. The minimum absolute atomic E-state index is 0.126. The van der Waals surface area contributed by atoms with E-state index in [2.05, 4.69) is 15.7 Å². The summed E-state index contributed by atoms with van der Waals surface area (Å²) in [5.74, 6) is -0.304. The molecule has 2 aromatic rings. The lowest BCUT2D eigenvalue weighted by Gasteiger charge is -2.24. The molecule has 1 aromatic heterocycles. The first kappa shape index (κ1) is 15.3. The molecule has 23 heavy (non-hydrogen) atoms. The predicted molar refractivity (Wildman–Crippen MR) is 85.9 cm³/mol. The van der Waals surface area contributed by atoms with Crippen molar-refractivity contribution in [3.8, 4) is 0 Å². The van der Waals surface area contributed by atoms with E-state index in [-0.39, 0.29) is 11.8 Å². The van der Waals surface area contributed by atoms with Crippen LogP contribution in [-0.2, 0) is 24.7 Å². The first-order chi connectivity index (χ1) is 11.1. The summed E-state index contributed by atoms with van der Waals surface area (Å²) >= 11 is 0. The molecule has 1 aliphatic heterocycles. The van der Waals surface area contributed by atoms with Gasteiger partial charge >= 0.3 is 0 Å². The third-order valence-corrected chi connectivity index (χ3v) is 4.01. The number of rotatable bonds is 5. The van der Waals surface area contributed by atoms with Gasteiger partial charge in [0.1, 0.15) is 6.04 Å². The number of carbonyl (C=O) groups excluding carboxylic acids is 2. The van der Waals surface area contributed by atoms with E-state index in [0.717, 1.165) is 24.0 Å². The Bertz CT molecular complexity index is 723. The van der Waals surface area contributed by atoms with Crippen LogP contribution < -0.4 is 10.6 Å². The van der Waals surface area contributed by atoms with Crippen LogP contribution in [0.1, 0.15) is 27.9 Å². The van der Waals surface area contributed by atoms with Gasteiger partial charge in [-0.15, -0.1) is 0 Å². The van der Waals surface area contributed by atoms with E-state index >= 15 is 0 Å². The molecule has 1 aromatic carbocycles. The molecular formula is C17H20N4O2. The van der Waals surface area contributed by atoms with E-state index in [1.54, 1.807) is 10.7 Å². The van der Waals surface area contributed by atoms with Crippen molar-refractivity contribution in [1.82, 2.24) is 20.4 Å². The molecule has 0 radical (unpaired) electrons. The van der Waals surface area contributed by atoms with Crippen LogP contribution in [0.4, 0.5) is 0 Å². The second-order valence-electron chi connectivity index (χ2n) is 5.80. The number of amides is 2. The normalized spacial score (nSPS) is 16.6. The molecule has 1 unspecified atom stereocenters. The number of fused-ring (bicyclic) bond motifs is 1. The maximum absolute atomic E-state index is 12.2. The minimum Gasteiger partial charge on any atom is -0.354 e. The number of hydrogen-bond donors (Lipinski definition) is 2. The van der Waals surface area contributed by atoms with E-state index < -0.39 is 6.04 Å². The van der Waals surface area contributed by atoms with Gasteiger partial charge < -0.3 is 10.6 Å². The summed E-state index contributed by atoms with van der Waals surface area (Å²) in [6.45, 7) is 0.585. The molecule has 1 aliphatic rings. The highest BCUT2D eigenvalue weighted by Gasteiger charge is 2.28. The van der Waals surface area contributed by atoms with Gasteiger partial charge in [-0.1, -0.05) is 18.2 Å². The number of nitrogens with one attached hydrogen (secondary N) is 2. The quantitative estimate of drug-likeness (QED) is 0.803. The van der Waals surface area contributed by atoms with Crippen molar-refractivity contribution in [2.45, 2.75) is 25.3 Å². The van der Waals surface area contributed by atoms with Crippen LogP contribution in [0.3, 0.4) is 0 Å². The van der Waals surface area contributed by atoms with Crippen molar-refractivity contribution in [1.29, 1.82) is 0 Å². The van der Waals surface area contributed by atoms with Crippen LogP contribution >= 0.6 is 0 Å². The lowest BCUT2D eigenvalue weighted by molar-refractivity contribution is -0.123. The maximum Gasteiger partial charge on any atom is 0.252 e. The van der Waals surface area contributed by atoms with Crippen LogP contribution in [0, 0.1) is 0 Å². The molecule has 120 valence electrons. The average molecular weight is 312 g/mol. The Kier molecular flexibility index (Phi) is 4.41. The van der Waals surface area contributed by atoms with Crippen molar-refractivity contribution < 1.29 is 9.59 Å². The van der Waals surface area contributed by atoms with Gasteiger partial charge in [-0.2, -0.15) is 5.10 Å². The molecule has 0 saturated heterocycles. The topological polar surface area (TPSA) is 76.0 Å². The average Bonchev–Trinajstić information content (AvgIpc) is 2.97. The fraction of sp³-hybridized carbons (Fsp3) is 0.353. The van der Waals surface area contributed by atoms with Gasteiger partial charge in [0.25, 0.3) is 5.91 Å². The van der Waals surface area contributed by atoms with Crippen molar-refractivity contribution in [3.63, 3.8) is 0 Å². The van der Waals surface area contributed by atoms with Crippen molar-refractivity contribution in [2.24, 2.45) is 7.05 Å². The Morgan fingerprint density at radius 2 is 2.26 bits per heavy atom. The van der Waals surface area contributed by atoms with Gasteiger partial charge in [0, 0.05) is 31.8 Å².